The third kappa shape index (κ3) is 2.21. The van der Waals surface area contributed by atoms with Crippen LogP contribution in [0.1, 0.15) is 30.9 Å². The second-order valence-electron chi connectivity index (χ2n) is 4.59. The van der Waals surface area contributed by atoms with E-state index in [1.165, 1.54) is 5.56 Å². The van der Waals surface area contributed by atoms with Crippen LogP contribution in [0.3, 0.4) is 0 Å². The highest BCUT2D eigenvalue weighted by Crippen LogP contribution is 2.34. The zero-order chi connectivity index (χ0) is 10.9. The summed E-state index contributed by atoms with van der Waals surface area (Å²) in [6.07, 6.45) is 1.21. The van der Waals surface area contributed by atoms with Crippen molar-refractivity contribution in [1.82, 2.24) is 0 Å². The number of aliphatic hydroxyl groups excluding tert-OH is 1. The Morgan fingerprint density at radius 2 is 2.00 bits per heavy atom. The Balaban J connectivity index is 2.24. The molecular formula is C13H18O2. The van der Waals surface area contributed by atoms with E-state index in [4.69, 9.17) is 4.74 Å². The molecule has 2 nitrogen and oxygen atoms in total. The fraction of sp³-hybridized carbons (Fsp3) is 0.538. The van der Waals surface area contributed by atoms with Crippen LogP contribution < -0.4 is 0 Å². The quantitative estimate of drug-likeness (QED) is 0.764. The predicted octanol–water partition coefficient (Wildman–Crippen LogP) is 2.38. The highest BCUT2D eigenvalue weighted by Gasteiger charge is 2.33. The van der Waals surface area contributed by atoms with Gasteiger partial charge in [0.15, 0.2) is 0 Å². The lowest BCUT2D eigenvalue weighted by Crippen LogP contribution is -2.36. The molecule has 1 fully saturated rings. The molecule has 0 bridgehead atoms. The minimum atomic E-state index is -0.314. The van der Waals surface area contributed by atoms with Gasteiger partial charge in [-0.3, -0.25) is 0 Å². The molecule has 1 heterocycles. The van der Waals surface area contributed by atoms with Crippen molar-refractivity contribution in [3.05, 3.63) is 35.4 Å². The van der Waals surface area contributed by atoms with Crippen LogP contribution in [0, 0.1) is 6.92 Å². The van der Waals surface area contributed by atoms with Gasteiger partial charge in [-0.05, 0) is 25.8 Å². The lowest BCUT2D eigenvalue weighted by molar-refractivity contribution is -0.112. The molecule has 1 N–H and O–H groups in total. The van der Waals surface area contributed by atoms with Crippen molar-refractivity contribution in [3.8, 4) is 0 Å². The van der Waals surface area contributed by atoms with Crippen molar-refractivity contribution in [2.24, 2.45) is 0 Å². The molecule has 0 aliphatic carbocycles. The van der Waals surface area contributed by atoms with Crippen molar-refractivity contribution in [1.29, 1.82) is 0 Å². The minimum absolute atomic E-state index is 0.231. The van der Waals surface area contributed by atoms with E-state index in [0.29, 0.717) is 13.0 Å². The molecule has 15 heavy (non-hydrogen) atoms. The van der Waals surface area contributed by atoms with Crippen LogP contribution in [-0.2, 0) is 10.3 Å². The number of aliphatic hydroxyl groups is 1. The second-order valence-corrected chi connectivity index (χ2v) is 4.59. The Kier molecular flexibility index (Phi) is 2.81. The molecule has 0 amide bonds. The molecule has 0 saturated carbocycles. The van der Waals surface area contributed by atoms with Gasteiger partial charge in [0.1, 0.15) is 0 Å². The van der Waals surface area contributed by atoms with Crippen molar-refractivity contribution in [2.75, 3.05) is 6.61 Å². The first-order chi connectivity index (χ1) is 7.10. The number of hydrogen-bond donors (Lipinski definition) is 1. The van der Waals surface area contributed by atoms with E-state index >= 15 is 0 Å². The summed E-state index contributed by atoms with van der Waals surface area (Å²) in [6, 6.07) is 8.36. The first kappa shape index (κ1) is 10.7. The topological polar surface area (TPSA) is 29.5 Å². The van der Waals surface area contributed by atoms with Crippen LogP contribution in [0.5, 0.6) is 0 Å². The van der Waals surface area contributed by atoms with E-state index in [1.807, 2.05) is 0 Å². The minimum Gasteiger partial charge on any atom is -0.393 e. The number of ether oxygens (including phenoxy) is 1. The number of hydrogen-bond acceptors (Lipinski definition) is 2. The van der Waals surface area contributed by atoms with Crippen molar-refractivity contribution in [2.45, 2.75) is 38.4 Å². The zero-order valence-corrected chi connectivity index (χ0v) is 9.36. The van der Waals surface area contributed by atoms with Crippen molar-refractivity contribution < 1.29 is 9.84 Å². The molecule has 1 aromatic carbocycles. The molecule has 1 aromatic rings. The maximum atomic E-state index is 9.68. The van der Waals surface area contributed by atoms with E-state index in [2.05, 4.69) is 38.1 Å². The highest BCUT2D eigenvalue weighted by atomic mass is 16.5. The molecule has 2 rings (SSSR count). The molecule has 0 spiro atoms. The van der Waals surface area contributed by atoms with E-state index in [-0.39, 0.29) is 11.7 Å². The van der Waals surface area contributed by atoms with Crippen LogP contribution in [0.2, 0.25) is 0 Å². The Bertz CT molecular complexity index is 331. The average molecular weight is 206 g/mol. The van der Waals surface area contributed by atoms with Gasteiger partial charge in [-0.15, -0.1) is 0 Å². The summed E-state index contributed by atoms with van der Waals surface area (Å²) >= 11 is 0. The lowest BCUT2D eigenvalue weighted by atomic mass is 9.86. The van der Waals surface area contributed by atoms with Gasteiger partial charge >= 0.3 is 0 Å². The molecule has 2 heteroatoms. The smallest absolute Gasteiger partial charge is 0.0927 e. The third-order valence-corrected chi connectivity index (χ3v) is 3.16. The highest BCUT2D eigenvalue weighted by molar-refractivity contribution is 5.26. The summed E-state index contributed by atoms with van der Waals surface area (Å²) in [5, 5.41) is 9.68. The second kappa shape index (κ2) is 3.95. The maximum Gasteiger partial charge on any atom is 0.0927 e. The maximum absolute atomic E-state index is 9.68. The van der Waals surface area contributed by atoms with Crippen molar-refractivity contribution >= 4 is 0 Å². The first-order valence-electron chi connectivity index (χ1n) is 5.49. The number of benzene rings is 1. The van der Waals surface area contributed by atoms with Gasteiger partial charge < -0.3 is 9.84 Å². The largest absolute Gasteiger partial charge is 0.393 e. The fourth-order valence-corrected chi connectivity index (χ4v) is 2.14. The van der Waals surface area contributed by atoms with Gasteiger partial charge in [0, 0.05) is 6.42 Å². The molecule has 1 aliphatic heterocycles. The van der Waals surface area contributed by atoms with Gasteiger partial charge in [0.25, 0.3) is 0 Å². The summed E-state index contributed by atoms with van der Waals surface area (Å²) in [5.41, 5.74) is 2.09. The Morgan fingerprint density at radius 3 is 2.60 bits per heavy atom. The summed E-state index contributed by atoms with van der Waals surface area (Å²) in [6.45, 7) is 4.77. The molecule has 2 unspecified atom stereocenters. The monoisotopic (exact) mass is 206 g/mol. The Hall–Kier alpha value is -0.860. The molecule has 82 valence electrons. The van der Waals surface area contributed by atoms with Gasteiger partial charge in [-0.25, -0.2) is 0 Å². The standard InChI is InChI=1S/C13H18O2/c1-10-3-5-11(6-4-10)13(2)9-12(14)7-8-15-13/h3-6,12,14H,7-9H2,1-2H3. The summed E-state index contributed by atoms with van der Waals surface area (Å²) in [7, 11) is 0. The molecule has 1 aliphatic rings. The number of rotatable bonds is 1. The SMILES string of the molecule is Cc1ccc(C2(C)CC(O)CCO2)cc1. The molecule has 0 radical (unpaired) electrons. The van der Waals surface area contributed by atoms with Gasteiger partial charge in [-0.1, -0.05) is 29.8 Å². The molecule has 2 atom stereocenters. The average Bonchev–Trinajstić information content (AvgIpc) is 2.18. The van der Waals surface area contributed by atoms with Gasteiger partial charge in [0.05, 0.1) is 18.3 Å². The van der Waals surface area contributed by atoms with Crippen LogP contribution in [0.15, 0.2) is 24.3 Å². The van der Waals surface area contributed by atoms with Crippen LogP contribution in [0.4, 0.5) is 0 Å². The Labute approximate surface area is 90.9 Å². The van der Waals surface area contributed by atoms with E-state index in [9.17, 15) is 5.11 Å². The Morgan fingerprint density at radius 1 is 1.33 bits per heavy atom. The molecular weight excluding hydrogens is 188 g/mol. The zero-order valence-electron chi connectivity index (χ0n) is 9.36. The van der Waals surface area contributed by atoms with Gasteiger partial charge in [-0.2, -0.15) is 0 Å². The molecule has 1 saturated heterocycles. The lowest BCUT2D eigenvalue weighted by Gasteiger charge is -2.36. The third-order valence-electron chi connectivity index (χ3n) is 3.16. The fourth-order valence-electron chi connectivity index (χ4n) is 2.14. The van der Waals surface area contributed by atoms with E-state index in [0.717, 1.165) is 12.0 Å². The molecule has 0 aromatic heterocycles. The van der Waals surface area contributed by atoms with E-state index in [1.54, 1.807) is 0 Å². The summed E-state index contributed by atoms with van der Waals surface area (Å²) in [4.78, 5) is 0. The van der Waals surface area contributed by atoms with Crippen LogP contribution >= 0.6 is 0 Å². The number of aryl methyl sites for hydroxylation is 1. The summed E-state index contributed by atoms with van der Waals surface area (Å²) in [5.74, 6) is 0. The normalized spacial score (nSPS) is 31.5. The summed E-state index contributed by atoms with van der Waals surface area (Å²) < 4.78 is 5.80. The predicted molar refractivity (Wildman–Crippen MR) is 59.7 cm³/mol. The van der Waals surface area contributed by atoms with Gasteiger partial charge in [0.2, 0.25) is 0 Å². The van der Waals surface area contributed by atoms with Crippen molar-refractivity contribution in [3.63, 3.8) is 0 Å². The van der Waals surface area contributed by atoms with Crippen LogP contribution in [0.25, 0.3) is 0 Å². The van der Waals surface area contributed by atoms with Crippen LogP contribution in [-0.4, -0.2) is 17.8 Å². The van der Waals surface area contributed by atoms with E-state index < -0.39 is 0 Å². The first-order valence-corrected chi connectivity index (χ1v) is 5.49.